The van der Waals surface area contributed by atoms with Gasteiger partial charge in [0, 0.05) is 16.4 Å². The lowest BCUT2D eigenvalue weighted by atomic mass is 10.2. The Kier molecular flexibility index (Phi) is 4.29. The molecular weight excluding hydrogens is 347 g/mol. The predicted octanol–water partition coefficient (Wildman–Crippen LogP) is 2.75. The van der Waals surface area contributed by atoms with Gasteiger partial charge in [-0.1, -0.05) is 12.1 Å². The molecule has 2 aromatic rings. The number of nitrogens with zero attached hydrogens (tertiary/aromatic N) is 2. The summed E-state index contributed by atoms with van der Waals surface area (Å²) in [6.07, 6.45) is 1.10. The second-order valence-corrected chi connectivity index (χ2v) is 4.89. The van der Waals surface area contributed by atoms with Gasteiger partial charge in [0.05, 0.1) is 5.56 Å². The van der Waals surface area contributed by atoms with Gasteiger partial charge in [-0.05, 0) is 41.1 Å². The molecule has 0 aliphatic rings. The number of rotatable bonds is 5. The molecular formula is C12H11IN2O3. The standard InChI is InChI=1S/C12H11IN2O3/c13-9-5-2-1-4-8(9)12-15-14-10(18-12)6-3-7-11(16)17/h1-2,4-5H,3,6-7H2,(H,16,17). The maximum Gasteiger partial charge on any atom is 0.303 e. The van der Waals surface area contributed by atoms with Crippen LogP contribution in [-0.2, 0) is 11.2 Å². The van der Waals surface area contributed by atoms with E-state index in [-0.39, 0.29) is 6.42 Å². The van der Waals surface area contributed by atoms with Crippen LogP contribution in [0.4, 0.5) is 0 Å². The maximum absolute atomic E-state index is 10.4. The Hall–Kier alpha value is -1.44. The smallest absolute Gasteiger partial charge is 0.303 e. The first kappa shape index (κ1) is 13.0. The number of benzene rings is 1. The van der Waals surface area contributed by atoms with Crippen molar-refractivity contribution in [3.05, 3.63) is 33.7 Å². The first-order valence-electron chi connectivity index (χ1n) is 5.46. The zero-order valence-electron chi connectivity index (χ0n) is 9.47. The zero-order valence-corrected chi connectivity index (χ0v) is 11.6. The Balaban J connectivity index is 2.06. The van der Waals surface area contributed by atoms with Gasteiger partial charge in [-0.2, -0.15) is 0 Å². The van der Waals surface area contributed by atoms with Crippen LogP contribution >= 0.6 is 22.6 Å². The van der Waals surface area contributed by atoms with Crippen molar-refractivity contribution < 1.29 is 14.3 Å². The first-order chi connectivity index (χ1) is 8.66. The molecule has 0 amide bonds. The molecule has 0 bridgehead atoms. The Morgan fingerprint density at radius 1 is 1.33 bits per heavy atom. The van der Waals surface area contributed by atoms with E-state index < -0.39 is 5.97 Å². The average molecular weight is 358 g/mol. The summed E-state index contributed by atoms with van der Waals surface area (Å²) in [5.74, 6) is 0.142. The first-order valence-corrected chi connectivity index (χ1v) is 6.54. The van der Waals surface area contributed by atoms with Crippen LogP contribution < -0.4 is 0 Å². The molecule has 6 heteroatoms. The highest BCUT2D eigenvalue weighted by Gasteiger charge is 2.11. The van der Waals surface area contributed by atoms with Crippen LogP contribution in [0.5, 0.6) is 0 Å². The molecule has 94 valence electrons. The number of aromatic nitrogens is 2. The van der Waals surface area contributed by atoms with Crippen LogP contribution in [-0.4, -0.2) is 21.3 Å². The lowest BCUT2D eigenvalue weighted by Crippen LogP contribution is -1.95. The molecule has 1 heterocycles. The molecule has 0 aliphatic heterocycles. The molecule has 0 saturated heterocycles. The van der Waals surface area contributed by atoms with E-state index in [0.29, 0.717) is 24.6 Å². The third-order valence-corrected chi connectivity index (χ3v) is 3.29. The highest BCUT2D eigenvalue weighted by molar-refractivity contribution is 14.1. The Morgan fingerprint density at radius 2 is 2.11 bits per heavy atom. The minimum atomic E-state index is -0.813. The van der Waals surface area contributed by atoms with Crippen molar-refractivity contribution in [1.82, 2.24) is 10.2 Å². The second-order valence-electron chi connectivity index (χ2n) is 3.73. The van der Waals surface area contributed by atoms with Gasteiger partial charge in [0.2, 0.25) is 11.8 Å². The molecule has 0 spiro atoms. The normalized spacial score (nSPS) is 10.5. The monoisotopic (exact) mass is 358 g/mol. The molecule has 0 saturated carbocycles. The summed E-state index contributed by atoms with van der Waals surface area (Å²) in [6, 6.07) is 7.72. The summed E-state index contributed by atoms with van der Waals surface area (Å²) in [4.78, 5) is 10.4. The molecule has 1 aromatic heterocycles. The van der Waals surface area contributed by atoms with E-state index in [9.17, 15) is 4.79 Å². The van der Waals surface area contributed by atoms with Crippen molar-refractivity contribution in [2.45, 2.75) is 19.3 Å². The quantitative estimate of drug-likeness (QED) is 0.832. The van der Waals surface area contributed by atoms with E-state index in [4.69, 9.17) is 9.52 Å². The molecule has 0 unspecified atom stereocenters. The topological polar surface area (TPSA) is 76.2 Å². The van der Waals surface area contributed by atoms with E-state index in [0.717, 1.165) is 9.13 Å². The van der Waals surface area contributed by atoms with Crippen LogP contribution in [0.15, 0.2) is 28.7 Å². The number of halogens is 1. The fourth-order valence-electron chi connectivity index (χ4n) is 1.49. The van der Waals surface area contributed by atoms with Crippen LogP contribution in [0.3, 0.4) is 0 Å². The number of hydrogen-bond acceptors (Lipinski definition) is 4. The summed E-state index contributed by atoms with van der Waals surface area (Å²) in [5, 5.41) is 16.4. The fourth-order valence-corrected chi connectivity index (χ4v) is 2.11. The number of aliphatic carboxylic acids is 1. The van der Waals surface area contributed by atoms with Gasteiger partial charge in [-0.3, -0.25) is 4.79 Å². The Bertz CT molecular complexity index is 554. The Morgan fingerprint density at radius 3 is 2.83 bits per heavy atom. The summed E-state index contributed by atoms with van der Waals surface area (Å²) < 4.78 is 6.55. The highest BCUT2D eigenvalue weighted by Crippen LogP contribution is 2.23. The summed E-state index contributed by atoms with van der Waals surface area (Å²) in [5.41, 5.74) is 0.898. The van der Waals surface area contributed by atoms with Crippen molar-refractivity contribution in [2.24, 2.45) is 0 Å². The number of carboxylic acid groups (broad SMARTS) is 1. The van der Waals surface area contributed by atoms with Gasteiger partial charge in [-0.25, -0.2) is 0 Å². The molecule has 18 heavy (non-hydrogen) atoms. The van der Waals surface area contributed by atoms with E-state index in [1.807, 2.05) is 24.3 Å². The van der Waals surface area contributed by atoms with Gasteiger partial charge in [0.15, 0.2) is 0 Å². The van der Waals surface area contributed by atoms with Gasteiger partial charge in [-0.15, -0.1) is 10.2 Å². The molecule has 1 N–H and O–H groups in total. The molecule has 0 radical (unpaired) electrons. The van der Waals surface area contributed by atoms with Crippen LogP contribution in [0, 0.1) is 3.57 Å². The Labute approximate surface area is 117 Å². The van der Waals surface area contributed by atoms with Crippen molar-refractivity contribution >= 4 is 28.6 Å². The van der Waals surface area contributed by atoms with Crippen LogP contribution in [0.2, 0.25) is 0 Å². The van der Waals surface area contributed by atoms with Crippen LogP contribution in [0.1, 0.15) is 18.7 Å². The van der Waals surface area contributed by atoms with Crippen molar-refractivity contribution in [3.63, 3.8) is 0 Å². The van der Waals surface area contributed by atoms with Gasteiger partial charge in [0.25, 0.3) is 0 Å². The van der Waals surface area contributed by atoms with Gasteiger partial charge < -0.3 is 9.52 Å². The van der Waals surface area contributed by atoms with E-state index in [2.05, 4.69) is 32.8 Å². The van der Waals surface area contributed by atoms with Crippen molar-refractivity contribution in [3.8, 4) is 11.5 Å². The molecule has 0 fully saturated rings. The number of carbonyl (C=O) groups is 1. The largest absolute Gasteiger partial charge is 0.481 e. The van der Waals surface area contributed by atoms with E-state index in [1.165, 1.54) is 0 Å². The minimum absolute atomic E-state index is 0.112. The number of hydrogen-bond donors (Lipinski definition) is 1. The summed E-state index contributed by atoms with van der Waals surface area (Å²) >= 11 is 2.21. The molecule has 0 aliphatic carbocycles. The number of aryl methyl sites for hydroxylation is 1. The van der Waals surface area contributed by atoms with E-state index >= 15 is 0 Å². The van der Waals surface area contributed by atoms with Gasteiger partial charge in [0.1, 0.15) is 0 Å². The SMILES string of the molecule is O=C(O)CCCc1nnc(-c2ccccc2I)o1. The maximum atomic E-state index is 10.4. The lowest BCUT2D eigenvalue weighted by Gasteiger charge is -1.97. The van der Waals surface area contributed by atoms with Crippen molar-refractivity contribution in [2.75, 3.05) is 0 Å². The fraction of sp³-hybridized carbons (Fsp3) is 0.250. The third-order valence-electron chi connectivity index (χ3n) is 2.35. The van der Waals surface area contributed by atoms with Crippen LogP contribution in [0.25, 0.3) is 11.5 Å². The van der Waals surface area contributed by atoms with Gasteiger partial charge >= 0.3 is 5.97 Å². The summed E-state index contributed by atoms with van der Waals surface area (Å²) in [6.45, 7) is 0. The minimum Gasteiger partial charge on any atom is -0.481 e. The number of carboxylic acids is 1. The predicted molar refractivity (Wildman–Crippen MR) is 73.0 cm³/mol. The molecule has 5 nitrogen and oxygen atoms in total. The molecule has 0 atom stereocenters. The zero-order chi connectivity index (χ0) is 13.0. The molecule has 2 rings (SSSR count). The van der Waals surface area contributed by atoms with E-state index in [1.54, 1.807) is 0 Å². The van der Waals surface area contributed by atoms with Crippen molar-refractivity contribution in [1.29, 1.82) is 0 Å². The molecule has 1 aromatic carbocycles. The second kappa shape index (κ2) is 5.94. The third kappa shape index (κ3) is 3.28. The average Bonchev–Trinajstić information content (AvgIpc) is 2.78. The highest BCUT2D eigenvalue weighted by atomic mass is 127. The summed E-state index contributed by atoms with van der Waals surface area (Å²) in [7, 11) is 0. The lowest BCUT2D eigenvalue weighted by molar-refractivity contribution is -0.137.